The van der Waals surface area contributed by atoms with Gasteiger partial charge in [-0.25, -0.2) is 4.99 Å². The Morgan fingerprint density at radius 2 is 1.88 bits per heavy atom. The summed E-state index contributed by atoms with van der Waals surface area (Å²) in [5, 5.41) is 3.06. The monoisotopic (exact) mass is 352 g/mol. The Labute approximate surface area is 155 Å². The highest BCUT2D eigenvalue weighted by molar-refractivity contribution is 5.93. The molecule has 1 amide bonds. The Hall–Kier alpha value is -2.82. The molecular weight excluding hydrogens is 324 g/mol. The van der Waals surface area contributed by atoms with Gasteiger partial charge in [0.1, 0.15) is 6.54 Å². The van der Waals surface area contributed by atoms with Crippen molar-refractivity contribution in [3.8, 4) is 0 Å². The van der Waals surface area contributed by atoms with Gasteiger partial charge < -0.3 is 16.0 Å². The first kappa shape index (κ1) is 19.5. The molecule has 0 saturated carbocycles. The Kier molecular flexibility index (Phi) is 7.21. The maximum Gasteiger partial charge on any atom is 0.244 e. The smallest absolute Gasteiger partial charge is 0.244 e. The predicted octanol–water partition coefficient (Wildman–Crippen LogP) is 3.59. The number of nitrogens with two attached hydrogens (primary N) is 1. The van der Waals surface area contributed by atoms with E-state index in [2.05, 4.69) is 30.2 Å². The largest absolute Gasteiger partial charge is 0.370 e. The summed E-state index contributed by atoms with van der Waals surface area (Å²) in [7, 11) is 0. The summed E-state index contributed by atoms with van der Waals surface area (Å²) in [5.74, 6) is 0.639. The number of aliphatic imine (C=N–C) groups is 1. The van der Waals surface area contributed by atoms with Gasteiger partial charge in [0, 0.05) is 18.8 Å². The molecule has 138 valence electrons. The number of nitrogens with one attached hydrogen (secondary N) is 1. The second-order valence-corrected chi connectivity index (χ2v) is 6.50. The zero-order valence-corrected chi connectivity index (χ0v) is 15.8. The molecule has 5 heteroatoms. The van der Waals surface area contributed by atoms with Crippen LogP contribution >= 0.6 is 0 Å². The van der Waals surface area contributed by atoms with Gasteiger partial charge in [-0.3, -0.25) is 4.79 Å². The number of hydrogen-bond acceptors (Lipinski definition) is 2. The molecule has 0 aliphatic carbocycles. The summed E-state index contributed by atoms with van der Waals surface area (Å²) < 4.78 is 0. The topological polar surface area (TPSA) is 70.7 Å². The van der Waals surface area contributed by atoms with Gasteiger partial charge in [-0.2, -0.15) is 0 Å². The molecule has 0 fully saturated rings. The van der Waals surface area contributed by atoms with Gasteiger partial charge in [0.25, 0.3) is 0 Å². The fraction of sp³-hybridized carbons (Fsp3) is 0.333. The SMILES string of the molecule is CCN(Cc1ccccc1)C(=O)CN=C(N)Nc1cccc(C(C)C)c1. The lowest BCUT2D eigenvalue weighted by Gasteiger charge is -2.20. The lowest BCUT2D eigenvalue weighted by Crippen LogP contribution is -2.33. The van der Waals surface area contributed by atoms with E-state index in [9.17, 15) is 4.79 Å². The molecule has 0 bridgehead atoms. The second-order valence-electron chi connectivity index (χ2n) is 6.50. The first-order valence-electron chi connectivity index (χ1n) is 8.98. The summed E-state index contributed by atoms with van der Waals surface area (Å²) >= 11 is 0. The molecule has 0 unspecified atom stereocenters. The molecule has 0 heterocycles. The minimum absolute atomic E-state index is 0.0311. The third-order valence-electron chi connectivity index (χ3n) is 4.16. The lowest BCUT2D eigenvalue weighted by molar-refractivity contribution is -0.130. The number of carbonyl (C=O) groups is 1. The van der Waals surface area contributed by atoms with Crippen LogP contribution in [0.15, 0.2) is 59.6 Å². The molecule has 0 aliphatic rings. The van der Waals surface area contributed by atoms with Crippen LogP contribution in [0.5, 0.6) is 0 Å². The summed E-state index contributed by atoms with van der Waals surface area (Å²) in [6, 6.07) is 18.0. The van der Waals surface area contributed by atoms with Gasteiger partial charge in [0.2, 0.25) is 5.91 Å². The quantitative estimate of drug-likeness (QED) is 0.591. The van der Waals surface area contributed by atoms with Crippen molar-refractivity contribution < 1.29 is 4.79 Å². The number of nitrogens with zero attached hydrogens (tertiary/aromatic N) is 2. The highest BCUT2D eigenvalue weighted by atomic mass is 16.2. The standard InChI is InChI=1S/C21H28N4O/c1-4-25(15-17-9-6-5-7-10-17)20(26)14-23-21(22)24-19-12-8-11-18(13-19)16(2)3/h5-13,16H,4,14-15H2,1-3H3,(H3,22,23,24). The second kappa shape index (κ2) is 9.61. The molecule has 3 N–H and O–H groups in total. The van der Waals surface area contributed by atoms with Gasteiger partial charge in [-0.1, -0.05) is 56.3 Å². The fourth-order valence-electron chi connectivity index (χ4n) is 2.60. The van der Waals surface area contributed by atoms with E-state index in [0.29, 0.717) is 19.0 Å². The number of carbonyl (C=O) groups excluding carboxylic acids is 1. The Morgan fingerprint density at radius 1 is 1.15 bits per heavy atom. The van der Waals surface area contributed by atoms with Gasteiger partial charge in [0.05, 0.1) is 0 Å². The Morgan fingerprint density at radius 3 is 2.54 bits per heavy atom. The Bertz CT molecular complexity index is 741. The molecule has 0 saturated heterocycles. The van der Waals surface area contributed by atoms with Crippen molar-refractivity contribution in [2.24, 2.45) is 10.7 Å². The number of anilines is 1. The molecule has 0 radical (unpaired) electrons. The van der Waals surface area contributed by atoms with Gasteiger partial charge in [-0.05, 0) is 36.1 Å². The van der Waals surface area contributed by atoms with E-state index in [4.69, 9.17) is 5.73 Å². The summed E-state index contributed by atoms with van der Waals surface area (Å²) in [6.07, 6.45) is 0. The van der Waals surface area contributed by atoms with E-state index >= 15 is 0 Å². The molecule has 0 atom stereocenters. The normalized spacial score (nSPS) is 11.5. The maximum atomic E-state index is 12.4. The van der Waals surface area contributed by atoms with Crippen LogP contribution in [0.25, 0.3) is 0 Å². The van der Waals surface area contributed by atoms with E-state index in [-0.39, 0.29) is 18.4 Å². The van der Waals surface area contributed by atoms with E-state index in [1.54, 1.807) is 4.90 Å². The van der Waals surface area contributed by atoms with Crippen LogP contribution in [-0.2, 0) is 11.3 Å². The van der Waals surface area contributed by atoms with Gasteiger partial charge >= 0.3 is 0 Å². The third-order valence-corrected chi connectivity index (χ3v) is 4.16. The highest BCUT2D eigenvalue weighted by Gasteiger charge is 2.11. The molecule has 5 nitrogen and oxygen atoms in total. The van der Waals surface area contributed by atoms with E-state index < -0.39 is 0 Å². The third kappa shape index (κ3) is 5.92. The fourth-order valence-corrected chi connectivity index (χ4v) is 2.60. The predicted molar refractivity (Wildman–Crippen MR) is 108 cm³/mol. The number of likely N-dealkylation sites (N-methyl/N-ethyl adjacent to an activating group) is 1. The van der Waals surface area contributed by atoms with Crippen LogP contribution in [0.3, 0.4) is 0 Å². The Balaban J connectivity index is 1.94. The summed E-state index contributed by atoms with van der Waals surface area (Å²) in [4.78, 5) is 18.4. The molecule has 0 spiro atoms. The molecule has 2 aromatic rings. The lowest BCUT2D eigenvalue weighted by atomic mass is 10.0. The van der Waals surface area contributed by atoms with Crippen LogP contribution < -0.4 is 11.1 Å². The molecule has 26 heavy (non-hydrogen) atoms. The zero-order chi connectivity index (χ0) is 18.9. The van der Waals surface area contributed by atoms with Crippen LogP contribution in [0, 0.1) is 0 Å². The first-order valence-corrected chi connectivity index (χ1v) is 8.98. The van der Waals surface area contributed by atoms with Crippen molar-refractivity contribution in [1.82, 2.24) is 4.90 Å². The van der Waals surface area contributed by atoms with Crippen molar-refractivity contribution in [1.29, 1.82) is 0 Å². The van der Waals surface area contributed by atoms with Crippen LogP contribution in [0.4, 0.5) is 5.69 Å². The molecular formula is C21H28N4O. The van der Waals surface area contributed by atoms with Crippen molar-refractivity contribution in [3.63, 3.8) is 0 Å². The van der Waals surface area contributed by atoms with Crippen LogP contribution in [0.1, 0.15) is 37.8 Å². The van der Waals surface area contributed by atoms with Crippen molar-refractivity contribution in [2.75, 3.05) is 18.4 Å². The number of rotatable bonds is 7. The van der Waals surface area contributed by atoms with E-state index in [0.717, 1.165) is 11.3 Å². The van der Waals surface area contributed by atoms with Crippen molar-refractivity contribution >= 4 is 17.6 Å². The van der Waals surface area contributed by atoms with Crippen molar-refractivity contribution in [2.45, 2.75) is 33.2 Å². The van der Waals surface area contributed by atoms with E-state index in [1.807, 2.05) is 55.5 Å². The van der Waals surface area contributed by atoms with Gasteiger partial charge in [0.15, 0.2) is 5.96 Å². The summed E-state index contributed by atoms with van der Waals surface area (Å²) in [6.45, 7) is 7.48. The van der Waals surface area contributed by atoms with E-state index in [1.165, 1.54) is 5.56 Å². The number of hydrogen-bond donors (Lipinski definition) is 2. The number of guanidine groups is 1. The number of amides is 1. The van der Waals surface area contributed by atoms with Crippen LogP contribution in [0.2, 0.25) is 0 Å². The maximum absolute atomic E-state index is 12.4. The first-order chi connectivity index (χ1) is 12.5. The zero-order valence-electron chi connectivity index (χ0n) is 15.8. The minimum atomic E-state index is -0.0444. The highest BCUT2D eigenvalue weighted by Crippen LogP contribution is 2.18. The molecule has 0 aromatic heterocycles. The average molecular weight is 352 g/mol. The minimum Gasteiger partial charge on any atom is -0.370 e. The molecule has 2 aromatic carbocycles. The van der Waals surface area contributed by atoms with Gasteiger partial charge in [-0.15, -0.1) is 0 Å². The molecule has 0 aliphatic heterocycles. The number of benzene rings is 2. The summed E-state index contributed by atoms with van der Waals surface area (Å²) in [5.41, 5.74) is 9.14. The molecule has 2 rings (SSSR count). The average Bonchev–Trinajstić information content (AvgIpc) is 2.65. The van der Waals surface area contributed by atoms with Crippen molar-refractivity contribution in [3.05, 3.63) is 65.7 Å². The van der Waals surface area contributed by atoms with Crippen LogP contribution in [-0.4, -0.2) is 29.9 Å².